The van der Waals surface area contributed by atoms with Crippen LogP contribution in [0.15, 0.2) is 23.2 Å². The van der Waals surface area contributed by atoms with Gasteiger partial charge in [-0.3, -0.25) is 4.99 Å². The number of nitrogens with one attached hydrogen (secondary N) is 1. The molecule has 28 heavy (non-hydrogen) atoms. The molecule has 1 saturated heterocycles. The topological polar surface area (TPSA) is 57.2 Å². The number of piperazine rings is 1. The molecule has 0 aromatic heterocycles. The standard InChI is InChI=1S/C20H29FN4O2S/c1-20(2,3)27-19(26)24-7-8-25-17(12-24)11-23-18(25)22-10-14-5-6-16(21)9-15(14)13-28-4/h5-6,9,17H,7-8,10-13H2,1-4H3,(H,22,23). The van der Waals surface area contributed by atoms with Crippen LogP contribution in [0.25, 0.3) is 0 Å². The number of amides is 1. The second kappa shape index (κ2) is 8.59. The van der Waals surface area contributed by atoms with Crippen LogP contribution >= 0.6 is 11.8 Å². The Balaban J connectivity index is 1.56. The molecule has 1 fully saturated rings. The fraction of sp³-hybridized carbons (Fsp3) is 0.600. The Morgan fingerprint density at radius 1 is 1.36 bits per heavy atom. The number of benzene rings is 1. The lowest BCUT2D eigenvalue weighted by Gasteiger charge is -2.39. The lowest BCUT2D eigenvalue weighted by Crippen LogP contribution is -2.57. The van der Waals surface area contributed by atoms with Gasteiger partial charge in [0.25, 0.3) is 0 Å². The SMILES string of the molecule is CSCc1cc(F)ccc1CNC1=NCC2CN(C(=O)OC(C)(C)C)CCN12. The van der Waals surface area contributed by atoms with Crippen LogP contribution in [-0.4, -0.2) is 65.9 Å². The third-order valence-electron chi connectivity index (χ3n) is 4.76. The average molecular weight is 409 g/mol. The molecule has 0 spiro atoms. The number of aliphatic imine (C=N–C) groups is 1. The highest BCUT2D eigenvalue weighted by Gasteiger charge is 2.36. The van der Waals surface area contributed by atoms with Crippen LogP contribution in [0.3, 0.4) is 0 Å². The maximum Gasteiger partial charge on any atom is 0.410 e. The molecule has 1 N–H and O–H groups in total. The fourth-order valence-electron chi connectivity index (χ4n) is 3.45. The van der Waals surface area contributed by atoms with Crippen LogP contribution in [-0.2, 0) is 17.0 Å². The molecule has 2 aliphatic heterocycles. The van der Waals surface area contributed by atoms with Gasteiger partial charge in [-0.1, -0.05) is 6.07 Å². The van der Waals surface area contributed by atoms with Gasteiger partial charge < -0.3 is 19.9 Å². The zero-order valence-corrected chi connectivity index (χ0v) is 17.8. The second-order valence-corrected chi connectivity index (χ2v) is 9.00. The number of fused-ring (bicyclic) bond motifs is 1. The molecule has 3 rings (SSSR count). The molecule has 8 heteroatoms. The Kier molecular flexibility index (Phi) is 6.37. The predicted molar refractivity (Wildman–Crippen MR) is 111 cm³/mol. The Hall–Kier alpha value is -1.96. The number of carbonyl (C=O) groups is 1. The Bertz CT molecular complexity index is 750. The third kappa shape index (κ3) is 5.10. The molecule has 1 amide bonds. The minimum absolute atomic E-state index is 0.169. The first-order valence-electron chi connectivity index (χ1n) is 9.56. The molecular formula is C20H29FN4O2S. The average Bonchev–Trinajstić information content (AvgIpc) is 3.02. The van der Waals surface area contributed by atoms with E-state index in [2.05, 4.69) is 15.2 Å². The van der Waals surface area contributed by atoms with Gasteiger partial charge in [0.05, 0.1) is 12.6 Å². The zero-order valence-electron chi connectivity index (χ0n) is 17.0. The van der Waals surface area contributed by atoms with Crippen molar-refractivity contribution in [3.8, 4) is 0 Å². The first kappa shape index (κ1) is 20.8. The molecule has 0 bridgehead atoms. The van der Waals surface area contributed by atoms with Crippen molar-refractivity contribution in [2.24, 2.45) is 4.99 Å². The second-order valence-electron chi connectivity index (χ2n) is 8.14. The van der Waals surface area contributed by atoms with Crippen molar-refractivity contribution in [3.05, 3.63) is 35.1 Å². The first-order valence-corrected chi connectivity index (χ1v) is 11.0. The van der Waals surface area contributed by atoms with E-state index in [1.54, 1.807) is 22.7 Å². The van der Waals surface area contributed by atoms with Crippen LogP contribution < -0.4 is 5.32 Å². The van der Waals surface area contributed by atoms with Crippen LogP contribution in [0.2, 0.25) is 0 Å². The molecule has 2 aliphatic rings. The van der Waals surface area contributed by atoms with Crippen LogP contribution in [0.5, 0.6) is 0 Å². The van der Waals surface area contributed by atoms with Gasteiger partial charge in [0.1, 0.15) is 11.4 Å². The number of halogens is 1. The predicted octanol–water partition coefficient (Wildman–Crippen LogP) is 3.07. The Labute approximate surface area is 170 Å². The number of carbonyl (C=O) groups excluding carboxylic acids is 1. The van der Waals surface area contributed by atoms with E-state index in [0.717, 1.165) is 29.4 Å². The molecule has 6 nitrogen and oxygen atoms in total. The Morgan fingerprint density at radius 3 is 2.86 bits per heavy atom. The highest BCUT2D eigenvalue weighted by atomic mass is 32.2. The lowest BCUT2D eigenvalue weighted by atomic mass is 10.1. The van der Waals surface area contributed by atoms with Crippen molar-refractivity contribution in [2.45, 2.75) is 44.7 Å². The Morgan fingerprint density at radius 2 is 2.14 bits per heavy atom. The number of rotatable bonds is 4. The van der Waals surface area contributed by atoms with Gasteiger partial charge in [-0.15, -0.1) is 0 Å². The molecule has 0 saturated carbocycles. The van der Waals surface area contributed by atoms with Gasteiger partial charge in [0.15, 0.2) is 5.96 Å². The number of hydrogen-bond acceptors (Lipinski definition) is 6. The molecule has 1 aromatic carbocycles. The van der Waals surface area contributed by atoms with Gasteiger partial charge in [-0.25, -0.2) is 9.18 Å². The van der Waals surface area contributed by atoms with Crippen molar-refractivity contribution >= 4 is 23.8 Å². The summed E-state index contributed by atoms with van der Waals surface area (Å²) in [6.07, 6.45) is 1.75. The quantitative estimate of drug-likeness (QED) is 0.830. The van der Waals surface area contributed by atoms with E-state index in [4.69, 9.17) is 4.74 Å². The molecule has 0 aliphatic carbocycles. The molecule has 1 aromatic rings. The lowest BCUT2D eigenvalue weighted by molar-refractivity contribution is 0.0137. The number of nitrogens with zero attached hydrogens (tertiary/aromatic N) is 3. The summed E-state index contributed by atoms with van der Waals surface area (Å²) in [5.74, 6) is 1.43. The summed E-state index contributed by atoms with van der Waals surface area (Å²) < 4.78 is 19.0. The smallest absolute Gasteiger partial charge is 0.410 e. The zero-order chi connectivity index (χ0) is 20.3. The minimum Gasteiger partial charge on any atom is -0.444 e. The fourth-order valence-corrected chi connectivity index (χ4v) is 4.03. The minimum atomic E-state index is -0.489. The number of guanidine groups is 1. The van der Waals surface area contributed by atoms with Crippen LogP contribution in [0.1, 0.15) is 31.9 Å². The summed E-state index contributed by atoms with van der Waals surface area (Å²) in [6.45, 7) is 8.83. The molecule has 1 unspecified atom stereocenters. The summed E-state index contributed by atoms with van der Waals surface area (Å²) in [4.78, 5) is 20.9. The van der Waals surface area contributed by atoms with E-state index < -0.39 is 5.60 Å². The molecule has 154 valence electrons. The summed E-state index contributed by atoms with van der Waals surface area (Å²) in [5.41, 5.74) is 1.59. The number of ether oxygens (including phenoxy) is 1. The van der Waals surface area contributed by atoms with Crippen molar-refractivity contribution in [1.29, 1.82) is 0 Å². The summed E-state index contributed by atoms with van der Waals surface area (Å²) in [6, 6.07) is 5.11. The van der Waals surface area contributed by atoms with E-state index in [-0.39, 0.29) is 18.0 Å². The monoisotopic (exact) mass is 408 g/mol. The summed E-state index contributed by atoms with van der Waals surface area (Å²) >= 11 is 1.68. The van der Waals surface area contributed by atoms with Crippen LogP contribution in [0, 0.1) is 5.82 Å². The van der Waals surface area contributed by atoms with E-state index in [1.807, 2.05) is 33.1 Å². The molecule has 1 atom stereocenters. The van der Waals surface area contributed by atoms with Crippen molar-refractivity contribution in [1.82, 2.24) is 15.1 Å². The van der Waals surface area contributed by atoms with Crippen LogP contribution in [0.4, 0.5) is 9.18 Å². The summed E-state index contributed by atoms with van der Waals surface area (Å²) in [5, 5.41) is 3.41. The van der Waals surface area contributed by atoms with Gasteiger partial charge in [0, 0.05) is 31.9 Å². The van der Waals surface area contributed by atoms with Gasteiger partial charge >= 0.3 is 6.09 Å². The first-order chi connectivity index (χ1) is 13.3. The largest absolute Gasteiger partial charge is 0.444 e. The highest BCUT2D eigenvalue weighted by molar-refractivity contribution is 7.97. The van der Waals surface area contributed by atoms with E-state index in [1.165, 1.54) is 6.07 Å². The third-order valence-corrected chi connectivity index (χ3v) is 5.36. The number of thioether (sulfide) groups is 1. The van der Waals surface area contributed by atoms with Gasteiger partial charge in [-0.2, -0.15) is 11.8 Å². The summed E-state index contributed by atoms with van der Waals surface area (Å²) in [7, 11) is 0. The van der Waals surface area contributed by atoms with Crippen molar-refractivity contribution < 1.29 is 13.9 Å². The van der Waals surface area contributed by atoms with Gasteiger partial charge in [-0.05, 0) is 50.3 Å². The maximum atomic E-state index is 13.5. The maximum absolute atomic E-state index is 13.5. The van der Waals surface area contributed by atoms with E-state index >= 15 is 0 Å². The van der Waals surface area contributed by atoms with E-state index in [9.17, 15) is 9.18 Å². The molecule has 2 heterocycles. The van der Waals surface area contributed by atoms with Gasteiger partial charge in [0.2, 0.25) is 0 Å². The molecule has 0 radical (unpaired) electrons. The van der Waals surface area contributed by atoms with Crippen molar-refractivity contribution in [3.63, 3.8) is 0 Å². The highest BCUT2D eigenvalue weighted by Crippen LogP contribution is 2.20. The number of hydrogen-bond donors (Lipinski definition) is 1. The normalized spacial score (nSPS) is 19.3. The molecular weight excluding hydrogens is 379 g/mol. The van der Waals surface area contributed by atoms with Crippen molar-refractivity contribution in [2.75, 3.05) is 32.4 Å². The van der Waals surface area contributed by atoms with E-state index in [0.29, 0.717) is 26.2 Å².